The van der Waals surface area contributed by atoms with Gasteiger partial charge in [-0.1, -0.05) is 152 Å². The minimum atomic E-state index is 0.543. The molecular weight excluding hydrogens is 709 g/mol. The van der Waals surface area contributed by atoms with Gasteiger partial charge in [0.15, 0.2) is 17.5 Å². The topological polar surface area (TPSA) is 56.7 Å². The van der Waals surface area contributed by atoms with Gasteiger partial charge in [-0.25, -0.2) is 15.0 Å². The zero-order valence-electron chi connectivity index (χ0n) is 31.2. The van der Waals surface area contributed by atoms with Crippen molar-refractivity contribution >= 4 is 65.3 Å². The molecular formula is C53H32N4O. The van der Waals surface area contributed by atoms with Crippen LogP contribution in [0.3, 0.4) is 0 Å². The molecule has 0 amide bonds. The van der Waals surface area contributed by atoms with E-state index in [0.29, 0.717) is 17.5 Å². The Morgan fingerprint density at radius 3 is 1.84 bits per heavy atom. The van der Waals surface area contributed by atoms with Crippen LogP contribution in [0, 0.1) is 0 Å². The van der Waals surface area contributed by atoms with Gasteiger partial charge in [0, 0.05) is 27.3 Å². The van der Waals surface area contributed by atoms with Crippen molar-refractivity contribution in [2.24, 2.45) is 0 Å². The summed E-state index contributed by atoms with van der Waals surface area (Å²) in [4.78, 5) is 15.8. The number of nitrogens with zero attached hydrogens (tertiary/aromatic N) is 4. The van der Waals surface area contributed by atoms with Crippen LogP contribution < -0.4 is 0 Å². The van der Waals surface area contributed by atoms with Gasteiger partial charge in [0.1, 0.15) is 11.2 Å². The first-order valence-corrected chi connectivity index (χ1v) is 19.5. The first kappa shape index (κ1) is 32.4. The van der Waals surface area contributed by atoms with Crippen LogP contribution in [0.4, 0.5) is 0 Å². The molecule has 0 aliphatic carbocycles. The van der Waals surface area contributed by atoms with Crippen molar-refractivity contribution in [3.05, 3.63) is 194 Å². The average Bonchev–Trinajstić information content (AvgIpc) is 3.84. The van der Waals surface area contributed by atoms with Crippen LogP contribution in [0.2, 0.25) is 0 Å². The monoisotopic (exact) mass is 740 g/mol. The number of fused-ring (bicyclic) bond motifs is 8. The van der Waals surface area contributed by atoms with Gasteiger partial charge in [-0.3, -0.25) is 0 Å². The van der Waals surface area contributed by atoms with Crippen molar-refractivity contribution in [1.82, 2.24) is 19.5 Å². The number of furan rings is 1. The zero-order chi connectivity index (χ0) is 38.2. The van der Waals surface area contributed by atoms with Gasteiger partial charge >= 0.3 is 0 Å². The van der Waals surface area contributed by atoms with Crippen molar-refractivity contribution in [1.29, 1.82) is 0 Å². The van der Waals surface area contributed by atoms with Crippen LogP contribution in [-0.4, -0.2) is 19.5 Å². The van der Waals surface area contributed by atoms with Gasteiger partial charge in [-0.05, 0) is 75.1 Å². The highest BCUT2D eigenvalue weighted by Crippen LogP contribution is 2.43. The fraction of sp³-hybridized carbons (Fsp3) is 0. The lowest BCUT2D eigenvalue weighted by Gasteiger charge is -2.13. The molecule has 270 valence electrons. The Balaban J connectivity index is 1.14. The second-order valence-corrected chi connectivity index (χ2v) is 14.8. The number of para-hydroxylation sites is 2. The van der Waals surface area contributed by atoms with Crippen LogP contribution >= 0.6 is 0 Å². The smallest absolute Gasteiger partial charge is 0.167 e. The van der Waals surface area contributed by atoms with Gasteiger partial charge in [0.2, 0.25) is 0 Å². The number of benzene rings is 9. The third-order valence-corrected chi connectivity index (χ3v) is 11.4. The van der Waals surface area contributed by atoms with Crippen molar-refractivity contribution in [2.45, 2.75) is 0 Å². The fourth-order valence-corrected chi connectivity index (χ4v) is 8.72. The number of hydrogen-bond donors (Lipinski definition) is 0. The summed E-state index contributed by atoms with van der Waals surface area (Å²) in [5.74, 6) is 1.74. The SMILES string of the molecule is c1ccc(-c2cccc(-c3nc(-c4cccc5ccccc45)nc(-c4ccc(-n5c6ccccc6c6cc7ccccc7cc65)c5c4oc4ccccc45)n3)c2)cc1. The van der Waals surface area contributed by atoms with E-state index in [-0.39, 0.29) is 0 Å². The fourth-order valence-electron chi connectivity index (χ4n) is 8.72. The number of aromatic nitrogens is 4. The first-order valence-electron chi connectivity index (χ1n) is 19.5. The lowest BCUT2D eigenvalue weighted by Crippen LogP contribution is -2.02. The Kier molecular flexibility index (Phi) is 7.16. The quantitative estimate of drug-likeness (QED) is 0.176. The van der Waals surface area contributed by atoms with Crippen molar-refractivity contribution < 1.29 is 4.42 Å². The summed E-state index contributed by atoms with van der Waals surface area (Å²) >= 11 is 0. The maximum Gasteiger partial charge on any atom is 0.167 e. The van der Waals surface area contributed by atoms with Crippen molar-refractivity contribution in [2.75, 3.05) is 0 Å². The van der Waals surface area contributed by atoms with Crippen LogP contribution in [0.25, 0.3) is 116 Å². The molecule has 0 spiro atoms. The molecule has 3 heterocycles. The van der Waals surface area contributed by atoms with Gasteiger partial charge in [-0.2, -0.15) is 0 Å². The first-order chi connectivity index (χ1) is 28.7. The summed E-state index contributed by atoms with van der Waals surface area (Å²) in [6.07, 6.45) is 0. The molecule has 0 aliphatic heterocycles. The molecule has 0 atom stereocenters. The molecule has 0 fully saturated rings. The second kappa shape index (κ2) is 12.8. The molecule has 0 bridgehead atoms. The van der Waals surface area contributed by atoms with E-state index in [0.717, 1.165) is 77.2 Å². The highest BCUT2D eigenvalue weighted by Gasteiger charge is 2.23. The maximum atomic E-state index is 6.90. The van der Waals surface area contributed by atoms with Crippen LogP contribution in [0.5, 0.6) is 0 Å². The molecule has 3 aromatic heterocycles. The Hall–Kier alpha value is -7.89. The Bertz CT molecular complexity index is 3580. The molecule has 9 aromatic carbocycles. The van der Waals surface area contributed by atoms with Crippen LogP contribution in [0.1, 0.15) is 0 Å². The van der Waals surface area contributed by atoms with E-state index in [1.807, 2.05) is 18.2 Å². The molecule has 0 aliphatic rings. The van der Waals surface area contributed by atoms with Gasteiger partial charge in [0.05, 0.1) is 27.7 Å². The highest BCUT2D eigenvalue weighted by molar-refractivity contribution is 6.18. The third kappa shape index (κ3) is 5.07. The lowest BCUT2D eigenvalue weighted by atomic mass is 10.0. The van der Waals surface area contributed by atoms with Crippen molar-refractivity contribution in [3.63, 3.8) is 0 Å². The minimum Gasteiger partial charge on any atom is -0.455 e. The third-order valence-electron chi connectivity index (χ3n) is 11.4. The number of hydrogen-bond acceptors (Lipinski definition) is 4. The molecule has 0 saturated heterocycles. The molecule has 58 heavy (non-hydrogen) atoms. The summed E-state index contributed by atoms with van der Waals surface area (Å²) in [7, 11) is 0. The summed E-state index contributed by atoms with van der Waals surface area (Å²) in [6, 6.07) is 68.0. The molecule has 12 aromatic rings. The van der Waals surface area contributed by atoms with E-state index in [1.165, 1.54) is 21.5 Å². The van der Waals surface area contributed by atoms with E-state index < -0.39 is 0 Å². The molecule has 0 radical (unpaired) electrons. The van der Waals surface area contributed by atoms with Gasteiger partial charge in [-0.15, -0.1) is 0 Å². The molecule has 5 nitrogen and oxygen atoms in total. The van der Waals surface area contributed by atoms with E-state index in [9.17, 15) is 0 Å². The van der Waals surface area contributed by atoms with E-state index in [2.05, 4.69) is 180 Å². The number of rotatable bonds is 5. The largest absolute Gasteiger partial charge is 0.455 e. The summed E-state index contributed by atoms with van der Waals surface area (Å²) < 4.78 is 9.29. The van der Waals surface area contributed by atoms with E-state index in [1.54, 1.807) is 0 Å². The van der Waals surface area contributed by atoms with E-state index >= 15 is 0 Å². The van der Waals surface area contributed by atoms with Gasteiger partial charge in [0.25, 0.3) is 0 Å². The average molecular weight is 741 g/mol. The Morgan fingerprint density at radius 1 is 0.362 bits per heavy atom. The standard InChI is InChI=1S/C53H32N4O/c1-2-14-33(15-3-1)35-20-12-21-38(30-35)51-54-52(41-25-13-19-34-16-6-7-22-39(34)41)56-53(55-51)43-28-29-46(49-42-24-9-11-27-48(42)58-50(43)49)57-45-26-10-8-23-40(45)44-31-36-17-4-5-18-37(36)32-47(44)57/h1-32H. The van der Waals surface area contributed by atoms with Crippen molar-refractivity contribution in [3.8, 4) is 51.0 Å². The Morgan fingerprint density at radius 2 is 0.983 bits per heavy atom. The normalized spacial score (nSPS) is 11.8. The maximum absolute atomic E-state index is 6.90. The molecule has 12 rings (SSSR count). The summed E-state index contributed by atoms with van der Waals surface area (Å²) in [5.41, 5.74) is 9.69. The minimum absolute atomic E-state index is 0.543. The summed E-state index contributed by atoms with van der Waals surface area (Å²) in [5, 5.41) is 9.05. The van der Waals surface area contributed by atoms with Crippen LogP contribution in [0.15, 0.2) is 199 Å². The van der Waals surface area contributed by atoms with E-state index in [4.69, 9.17) is 19.4 Å². The molecule has 5 heteroatoms. The highest BCUT2D eigenvalue weighted by atomic mass is 16.3. The zero-order valence-corrected chi connectivity index (χ0v) is 31.2. The molecule has 0 unspecified atom stereocenters. The Labute approximate surface area is 333 Å². The molecule has 0 saturated carbocycles. The molecule has 0 N–H and O–H groups in total. The van der Waals surface area contributed by atoms with Gasteiger partial charge < -0.3 is 8.98 Å². The summed E-state index contributed by atoms with van der Waals surface area (Å²) in [6.45, 7) is 0. The predicted molar refractivity (Wildman–Crippen MR) is 238 cm³/mol. The van der Waals surface area contributed by atoms with Crippen LogP contribution in [-0.2, 0) is 0 Å². The predicted octanol–water partition coefficient (Wildman–Crippen LogP) is 13.8. The lowest BCUT2D eigenvalue weighted by molar-refractivity contribution is 0.669. The second-order valence-electron chi connectivity index (χ2n) is 14.8.